The molecule has 0 aliphatic heterocycles. The second-order valence-corrected chi connectivity index (χ2v) is 6.27. The normalized spacial score (nSPS) is 10.0. The Morgan fingerprint density at radius 1 is 1.11 bits per heavy atom. The number of benzene rings is 2. The van der Waals surface area contributed by atoms with Crippen LogP contribution in [0.1, 0.15) is 5.56 Å². The van der Waals surface area contributed by atoms with Crippen LogP contribution in [-0.4, -0.2) is 6.26 Å². The second-order valence-electron chi connectivity index (χ2n) is 3.72. The van der Waals surface area contributed by atoms with Gasteiger partial charge in [0.1, 0.15) is 6.07 Å². The van der Waals surface area contributed by atoms with Crippen molar-refractivity contribution in [2.45, 2.75) is 4.90 Å². The zero-order valence-corrected chi connectivity index (χ0v) is 14.1. The summed E-state index contributed by atoms with van der Waals surface area (Å²) in [4.78, 5) is 0.968. The van der Waals surface area contributed by atoms with E-state index >= 15 is 0 Å². The molecule has 0 amide bonds. The number of nitrogens with zero attached hydrogens (tertiary/aromatic N) is 1. The minimum absolute atomic E-state index is 0.664. The predicted molar refractivity (Wildman–Crippen MR) is 88.1 cm³/mol. The summed E-state index contributed by atoms with van der Waals surface area (Å²) in [5.41, 5.74) is 2.39. The minimum atomic E-state index is 0.664. The van der Waals surface area contributed by atoms with Crippen molar-refractivity contribution in [3.8, 4) is 6.07 Å². The minimum Gasteiger partial charge on any atom is -0.353 e. The molecule has 2 aromatic carbocycles. The van der Waals surface area contributed by atoms with Crippen molar-refractivity contribution in [1.29, 1.82) is 5.26 Å². The lowest BCUT2D eigenvalue weighted by Gasteiger charge is -2.13. The van der Waals surface area contributed by atoms with Gasteiger partial charge >= 0.3 is 0 Å². The third kappa shape index (κ3) is 3.14. The Morgan fingerprint density at radius 2 is 1.74 bits per heavy atom. The fourth-order valence-electron chi connectivity index (χ4n) is 1.67. The average Bonchev–Trinajstić information content (AvgIpc) is 2.42. The van der Waals surface area contributed by atoms with E-state index in [4.69, 9.17) is 0 Å². The summed E-state index contributed by atoms with van der Waals surface area (Å²) in [6.45, 7) is 0. The molecule has 0 fully saturated rings. The van der Waals surface area contributed by atoms with E-state index in [-0.39, 0.29) is 0 Å². The van der Waals surface area contributed by atoms with Gasteiger partial charge in [0.2, 0.25) is 0 Å². The van der Waals surface area contributed by atoms with E-state index in [1.807, 2.05) is 42.7 Å². The summed E-state index contributed by atoms with van der Waals surface area (Å²) in [6, 6.07) is 13.9. The molecule has 0 atom stereocenters. The van der Waals surface area contributed by atoms with Crippen LogP contribution in [0.3, 0.4) is 0 Å². The number of anilines is 2. The molecule has 96 valence electrons. The van der Waals surface area contributed by atoms with Gasteiger partial charge in [0.25, 0.3) is 0 Å². The van der Waals surface area contributed by atoms with Gasteiger partial charge in [-0.05, 0) is 62.4 Å². The van der Waals surface area contributed by atoms with Gasteiger partial charge in [0.15, 0.2) is 0 Å². The highest BCUT2D eigenvalue weighted by molar-refractivity contribution is 9.11. The highest BCUT2D eigenvalue weighted by Gasteiger charge is 2.10. The van der Waals surface area contributed by atoms with Crippen LogP contribution in [0.5, 0.6) is 0 Å². The smallest absolute Gasteiger partial charge is 0.103 e. The van der Waals surface area contributed by atoms with E-state index < -0.39 is 0 Å². The second kappa shape index (κ2) is 6.47. The number of rotatable bonds is 3. The van der Waals surface area contributed by atoms with Gasteiger partial charge in [-0.2, -0.15) is 5.26 Å². The first-order chi connectivity index (χ1) is 9.17. The quantitative estimate of drug-likeness (QED) is 0.689. The summed E-state index contributed by atoms with van der Waals surface area (Å²) in [6.07, 6.45) is 1.97. The molecule has 0 saturated heterocycles. The number of hydrogen-bond donors (Lipinski definition) is 1. The topological polar surface area (TPSA) is 35.8 Å². The van der Waals surface area contributed by atoms with Crippen molar-refractivity contribution in [2.24, 2.45) is 0 Å². The summed E-state index contributed by atoms with van der Waals surface area (Å²) in [7, 11) is 0. The van der Waals surface area contributed by atoms with Crippen molar-refractivity contribution < 1.29 is 0 Å². The Kier molecular flexibility index (Phi) is 4.92. The number of thioether (sulfide) groups is 1. The molecule has 0 aliphatic rings. The van der Waals surface area contributed by atoms with Gasteiger partial charge in [-0.25, -0.2) is 0 Å². The van der Waals surface area contributed by atoms with Gasteiger partial charge in [-0.3, -0.25) is 0 Å². The zero-order valence-electron chi connectivity index (χ0n) is 10.1. The molecular formula is C14H10Br2N2S. The van der Waals surface area contributed by atoms with Crippen molar-refractivity contribution in [3.05, 3.63) is 50.9 Å². The van der Waals surface area contributed by atoms with Crippen LogP contribution in [0.25, 0.3) is 0 Å². The molecule has 2 nitrogen and oxygen atoms in total. The lowest BCUT2D eigenvalue weighted by Crippen LogP contribution is -1.96. The zero-order chi connectivity index (χ0) is 13.8. The molecule has 0 saturated carbocycles. The van der Waals surface area contributed by atoms with E-state index in [0.717, 1.165) is 25.2 Å². The van der Waals surface area contributed by atoms with Crippen LogP contribution in [0.2, 0.25) is 0 Å². The van der Waals surface area contributed by atoms with Crippen LogP contribution in [0, 0.1) is 11.3 Å². The Bertz CT molecular complexity index is 630. The van der Waals surface area contributed by atoms with E-state index in [2.05, 4.69) is 43.2 Å². The van der Waals surface area contributed by atoms with Gasteiger partial charge in [-0.1, -0.05) is 12.1 Å². The predicted octanol–water partition coefficient (Wildman–Crippen LogP) is 5.55. The maximum atomic E-state index is 9.32. The van der Waals surface area contributed by atoms with Crippen LogP contribution in [0.4, 0.5) is 11.4 Å². The summed E-state index contributed by atoms with van der Waals surface area (Å²) < 4.78 is 1.89. The van der Waals surface area contributed by atoms with Gasteiger partial charge in [0, 0.05) is 13.8 Å². The molecule has 0 aliphatic carbocycles. The number of para-hydroxylation sites is 1. The molecule has 0 heterocycles. The first-order valence-electron chi connectivity index (χ1n) is 5.45. The summed E-state index contributed by atoms with van der Waals surface area (Å²) in [5.74, 6) is 0. The molecule has 0 spiro atoms. The van der Waals surface area contributed by atoms with Crippen molar-refractivity contribution in [2.75, 3.05) is 11.6 Å². The Morgan fingerprint density at radius 3 is 2.32 bits per heavy atom. The third-order valence-electron chi connectivity index (χ3n) is 2.58. The lowest BCUT2D eigenvalue weighted by atomic mass is 10.2. The SMILES string of the molecule is CSc1cccc(Nc2c(Br)cccc2Br)c1C#N. The Hall–Kier alpha value is -0.960. The number of nitriles is 1. The van der Waals surface area contributed by atoms with Crippen molar-refractivity contribution >= 4 is 55.0 Å². The van der Waals surface area contributed by atoms with Crippen LogP contribution >= 0.6 is 43.6 Å². The fraction of sp³-hybridized carbons (Fsp3) is 0.0714. The monoisotopic (exact) mass is 396 g/mol. The molecule has 0 aromatic heterocycles. The molecule has 2 aromatic rings. The van der Waals surface area contributed by atoms with Gasteiger partial charge in [-0.15, -0.1) is 11.8 Å². The number of nitrogens with one attached hydrogen (secondary N) is 1. The lowest BCUT2D eigenvalue weighted by molar-refractivity contribution is 1.35. The highest BCUT2D eigenvalue weighted by atomic mass is 79.9. The van der Waals surface area contributed by atoms with Crippen LogP contribution < -0.4 is 5.32 Å². The van der Waals surface area contributed by atoms with Gasteiger partial charge < -0.3 is 5.32 Å². The summed E-state index contributed by atoms with van der Waals surface area (Å²) >= 11 is 8.58. The van der Waals surface area contributed by atoms with Crippen molar-refractivity contribution in [3.63, 3.8) is 0 Å². The number of hydrogen-bond acceptors (Lipinski definition) is 3. The largest absolute Gasteiger partial charge is 0.353 e. The molecule has 19 heavy (non-hydrogen) atoms. The maximum Gasteiger partial charge on any atom is 0.103 e. The van der Waals surface area contributed by atoms with E-state index in [9.17, 15) is 5.26 Å². The maximum absolute atomic E-state index is 9.32. The molecule has 5 heteroatoms. The first kappa shape index (κ1) is 14.4. The van der Waals surface area contributed by atoms with E-state index in [1.54, 1.807) is 11.8 Å². The van der Waals surface area contributed by atoms with Crippen molar-refractivity contribution in [1.82, 2.24) is 0 Å². The van der Waals surface area contributed by atoms with Gasteiger partial charge in [0.05, 0.1) is 16.9 Å². The molecule has 0 unspecified atom stereocenters. The fourth-order valence-corrected chi connectivity index (χ4v) is 3.44. The molecular weight excluding hydrogens is 388 g/mol. The Balaban J connectivity index is 2.48. The molecule has 0 radical (unpaired) electrons. The third-order valence-corrected chi connectivity index (χ3v) is 4.68. The highest BCUT2D eigenvalue weighted by Crippen LogP contribution is 2.35. The van der Waals surface area contributed by atoms with Crippen LogP contribution in [-0.2, 0) is 0 Å². The molecule has 0 bridgehead atoms. The van der Waals surface area contributed by atoms with E-state index in [0.29, 0.717) is 5.56 Å². The first-order valence-corrected chi connectivity index (χ1v) is 8.26. The average molecular weight is 398 g/mol. The standard InChI is InChI=1S/C14H10Br2N2S/c1-19-13-7-3-6-12(9(13)8-17)18-14-10(15)4-2-5-11(14)16/h2-7,18H,1H3. The van der Waals surface area contributed by atoms with E-state index in [1.165, 1.54) is 0 Å². The van der Waals surface area contributed by atoms with Crippen LogP contribution in [0.15, 0.2) is 50.2 Å². The summed E-state index contributed by atoms with van der Waals surface area (Å²) in [5, 5.41) is 12.6. The molecule has 1 N–H and O–H groups in total. The molecule has 2 rings (SSSR count). The Labute approximate surface area is 133 Å². The number of halogens is 2.